The molecule has 0 rings (SSSR count). The lowest BCUT2D eigenvalue weighted by Crippen LogP contribution is -2.25. The molecule has 0 aromatic heterocycles. The van der Waals surface area contributed by atoms with Crippen LogP contribution >= 0.6 is 7.82 Å². The minimum Gasteiger partial charge on any atom is -0.492 e. The van der Waals surface area contributed by atoms with E-state index in [0.29, 0.717) is 6.42 Å². The topological polar surface area (TPSA) is 117 Å². The normalized spacial score (nSPS) is 13.8. The van der Waals surface area contributed by atoms with Gasteiger partial charge in [-0.3, -0.25) is 13.8 Å². The van der Waals surface area contributed by atoms with E-state index in [1.165, 1.54) is 135 Å². The molecule has 0 bridgehead atoms. The maximum Gasteiger partial charge on any atom is 0.472 e. The number of nitrogens with two attached hydrogens (primary N) is 1. The van der Waals surface area contributed by atoms with Gasteiger partial charge in [0.15, 0.2) is 6.10 Å². The van der Waals surface area contributed by atoms with E-state index in [4.69, 9.17) is 24.3 Å². The first-order valence-corrected chi connectivity index (χ1v) is 23.0. The Morgan fingerprint density at radius 1 is 0.577 bits per heavy atom. The molecule has 0 aliphatic rings. The standard InChI is InChI=1S/C43H82NO7P/c1-3-5-7-9-11-13-15-17-19-21-22-24-26-28-30-32-34-36-43(45)49-40-42(41-51-52(46,47)50-39-37-44)48-38-35-33-31-29-27-25-23-20-18-16-14-12-10-8-6-4-2/h17-20,35,38,42H,3-16,21-34,36-37,39-41,44H2,1-2H3,(H,46,47)/t42-/m1/s1. The number of phosphoric ester groups is 1. The monoisotopic (exact) mass is 756 g/mol. The van der Waals surface area contributed by atoms with Crippen LogP contribution in [-0.2, 0) is 27.9 Å². The van der Waals surface area contributed by atoms with Crippen LogP contribution in [0.1, 0.15) is 200 Å². The van der Waals surface area contributed by atoms with Crippen LogP contribution in [0.5, 0.6) is 0 Å². The van der Waals surface area contributed by atoms with E-state index in [2.05, 4.69) is 38.2 Å². The molecule has 0 saturated heterocycles. The lowest BCUT2D eigenvalue weighted by Gasteiger charge is -2.19. The summed E-state index contributed by atoms with van der Waals surface area (Å²) in [6.45, 7) is 4.20. The van der Waals surface area contributed by atoms with Crippen molar-refractivity contribution in [2.24, 2.45) is 5.73 Å². The Bertz CT molecular complexity index is 895. The molecule has 52 heavy (non-hydrogen) atoms. The van der Waals surface area contributed by atoms with E-state index in [1.54, 1.807) is 6.26 Å². The van der Waals surface area contributed by atoms with E-state index in [0.717, 1.165) is 44.9 Å². The molecule has 9 heteroatoms. The Kier molecular flexibility index (Phi) is 39.6. The first-order valence-electron chi connectivity index (χ1n) is 21.5. The maximum absolute atomic E-state index is 12.4. The number of hydrogen-bond donors (Lipinski definition) is 2. The molecular formula is C43H82NO7P. The Balaban J connectivity index is 4.09. The highest BCUT2D eigenvalue weighted by atomic mass is 31.2. The van der Waals surface area contributed by atoms with Gasteiger partial charge in [0.25, 0.3) is 0 Å². The molecule has 0 aromatic rings. The number of phosphoric acid groups is 1. The number of allylic oxidation sites excluding steroid dienone is 5. The zero-order valence-corrected chi connectivity index (χ0v) is 34.7. The first-order chi connectivity index (χ1) is 25.4. The zero-order valence-electron chi connectivity index (χ0n) is 33.8. The van der Waals surface area contributed by atoms with Gasteiger partial charge in [0.05, 0.1) is 19.5 Å². The van der Waals surface area contributed by atoms with Crippen molar-refractivity contribution in [2.75, 3.05) is 26.4 Å². The Morgan fingerprint density at radius 2 is 0.981 bits per heavy atom. The lowest BCUT2D eigenvalue weighted by atomic mass is 10.1. The summed E-state index contributed by atoms with van der Waals surface area (Å²) in [5.74, 6) is -0.297. The van der Waals surface area contributed by atoms with Gasteiger partial charge in [-0.05, 0) is 76.7 Å². The second kappa shape index (κ2) is 40.7. The van der Waals surface area contributed by atoms with E-state index in [-0.39, 0.29) is 32.3 Å². The molecule has 0 amide bonds. The molecule has 306 valence electrons. The summed E-state index contributed by atoms with van der Waals surface area (Å²) in [4.78, 5) is 22.3. The fourth-order valence-corrected chi connectivity index (χ4v) is 6.62. The van der Waals surface area contributed by atoms with Crippen LogP contribution in [0.3, 0.4) is 0 Å². The third-order valence-electron chi connectivity index (χ3n) is 9.12. The molecule has 0 aliphatic heterocycles. The second-order valence-electron chi connectivity index (χ2n) is 14.3. The van der Waals surface area contributed by atoms with Gasteiger partial charge in [0.2, 0.25) is 0 Å². The number of carbonyl (C=O) groups excluding carboxylic acids is 1. The van der Waals surface area contributed by atoms with Crippen LogP contribution in [0, 0.1) is 0 Å². The smallest absolute Gasteiger partial charge is 0.472 e. The molecule has 0 heterocycles. The highest BCUT2D eigenvalue weighted by Gasteiger charge is 2.24. The quantitative estimate of drug-likeness (QED) is 0.0208. The molecule has 1 unspecified atom stereocenters. The number of esters is 1. The lowest BCUT2D eigenvalue weighted by molar-refractivity contribution is -0.147. The fourth-order valence-electron chi connectivity index (χ4n) is 5.85. The predicted octanol–water partition coefficient (Wildman–Crippen LogP) is 13.0. The number of unbranched alkanes of at least 4 members (excludes halogenated alkanes) is 24. The van der Waals surface area contributed by atoms with Crippen molar-refractivity contribution in [1.29, 1.82) is 0 Å². The molecule has 3 N–H and O–H groups in total. The van der Waals surface area contributed by atoms with Gasteiger partial charge in [-0.2, -0.15) is 0 Å². The van der Waals surface area contributed by atoms with Crippen molar-refractivity contribution in [2.45, 2.75) is 206 Å². The number of carbonyl (C=O) groups is 1. The summed E-state index contributed by atoms with van der Waals surface area (Å²) in [7, 11) is -4.27. The van der Waals surface area contributed by atoms with Gasteiger partial charge in [-0.15, -0.1) is 0 Å². The summed E-state index contributed by atoms with van der Waals surface area (Å²) in [6.07, 6.45) is 46.9. The maximum atomic E-state index is 12.4. The molecule has 0 saturated carbocycles. The van der Waals surface area contributed by atoms with Gasteiger partial charge in [0.1, 0.15) is 6.61 Å². The Morgan fingerprint density at radius 3 is 1.42 bits per heavy atom. The minimum atomic E-state index is -4.27. The summed E-state index contributed by atoms with van der Waals surface area (Å²) in [6, 6.07) is 0. The van der Waals surface area contributed by atoms with Gasteiger partial charge in [-0.1, -0.05) is 147 Å². The highest BCUT2D eigenvalue weighted by molar-refractivity contribution is 7.47. The highest BCUT2D eigenvalue weighted by Crippen LogP contribution is 2.43. The van der Waals surface area contributed by atoms with Crippen LogP contribution in [0.4, 0.5) is 0 Å². The van der Waals surface area contributed by atoms with E-state index in [9.17, 15) is 14.3 Å². The molecule has 8 nitrogen and oxygen atoms in total. The zero-order chi connectivity index (χ0) is 38.1. The van der Waals surface area contributed by atoms with E-state index < -0.39 is 13.9 Å². The van der Waals surface area contributed by atoms with Crippen molar-refractivity contribution in [1.82, 2.24) is 0 Å². The Labute approximate surface area is 320 Å². The molecule has 0 spiro atoms. The summed E-state index contributed by atoms with van der Waals surface area (Å²) in [5, 5.41) is 0. The molecule has 0 aromatic carbocycles. The van der Waals surface area contributed by atoms with Gasteiger partial charge in [-0.25, -0.2) is 4.57 Å². The van der Waals surface area contributed by atoms with Crippen molar-refractivity contribution in [3.63, 3.8) is 0 Å². The van der Waals surface area contributed by atoms with Crippen LogP contribution < -0.4 is 5.73 Å². The molecule has 0 aliphatic carbocycles. The number of ether oxygens (including phenoxy) is 2. The van der Waals surface area contributed by atoms with Crippen LogP contribution in [0.25, 0.3) is 0 Å². The van der Waals surface area contributed by atoms with Gasteiger partial charge in [0, 0.05) is 13.0 Å². The van der Waals surface area contributed by atoms with Crippen molar-refractivity contribution in [3.8, 4) is 0 Å². The van der Waals surface area contributed by atoms with Crippen LogP contribution in [0.2, 0.25) is 0 Å². The van der Waals surface area contributed by atoms with E-state index >= 15 is 0 Å². The average molecular weight is 756 g/mol. The number of rotatable bonds is 41. The SMILES string of the molecule is CCCCCCCCC=CCCCCCCC=CO[C@H](COC(=O)CCCCCCCCCC=CCCCCCCCC)COP(=O)(O)OCCN. The summed E-state index contributed by atoms with van der Waals surface area (Å²) in [5.41, 5.74) is 5.36. The van der Waals surface area contributed by atoms with Crippen molar-refractivity contribution < 1.29 is 32.8 Å². The molecule has 0 fully saturated rings. The third-order valence-corrected chi connectivity index (χ3v) is 10.1. The van der Waals surface area contributed by atoms with Gasteiger partial charge < -0.3 is 20.1 Å². The molecule has 2 atom stereocenters. The van der Waals surface area contributed by atoms with Crippen LogP contribution in [-0.4, -0.2) is 43.3 Å². The number of hydrogen-bond acceptors (Lipinski definition) is 7. The predicted molar refractivity (Wildman–Crippen MR) is 219 cm³/mol. The minimum absolute atomic E-state index is 0.0696. The van der Waals surface area contributed by atoms with Crippen LogP contribution in [0.15, 0.2) is 36.6 Å². The van der Waals surface area contributed by atoms with E-state index in [1.807, 2.05) is 6.08 Å². The summed E-state index contributed by atoms with van der Waals surface area (Å²) < 4.78 is 33.2. The third kappa shape index (κ3) is 39.8. The molecule has 0 radical (unpaired) electrons. The molecular weight excluding hydrogens is 673 g/mol. The largest absolute Gasteiger partial charge is 0.492 e. The summed E-state index contributed by atoms with van der Waals surface area (Å²) >= 11 is 0. The average Bonchev–Trinajstić information content (AvgIpc) is 3.14. The Hall–Kier alpha value is -1.44. The first kappa shape index (κ1) is 50.6. The van der Waals surface area contributed by atoms with Gasteiger partial charge >= 0.3 is 13.8 Å². The fraction of sp³-hybridized carbons (Fsp3) is 0.837. The van der Waals surface area contributed by atoms with Crippen molar-refractivity contribution in [3.05, 3.63) is 36.6 Å². The second-order valence-corrected chi connectivity index (χ2v) is 15.7. The van der Waals surface area contributed by atoms with Crippen molar-refractivity contribution >= 4 is 13.8 Å².